The van der Waals surface area contributed by atoms with E-state index in [-0.39, 0.29) is 25.2 Å². The molecular formula is C41H70O5. The Bertz CT molecular complexity index is 823. The molecule has 0 saturated heterocycles. The molecule has 0 heterocycles. The summed E-state index contributed by atoms with van der Waals surface area (Å²) < 4.78 is 10.5. The molecule has 0 radical (unpaired) electrons. The molecule has 0 amide bonds. The smallest absolute Gasteiger partial charge is 0.306 e. The van der Waals surface area contributed by atoms with E-state index in [1.807, 2.05) is 0 Å². The summed E-state index contributed by atoms with van der Waals surface area (Å²) in [6, 6.07) is 0. The molecule has 0 aliphatic heterocycles. The fourth-order valence-corrected chi connectivity index (χ4v) is 4.89. The van der Waals surface area contributed by atoms with Crippen LogP contribution < -0.4 is 0 Å². The van der Waals surface area contributed by atoms with Gasteiger partial charge in [0.2, 0.25) is 0 Å². The molecule has 1 atom stereocenters. The highest BCUT2D eigenvalue weighted by atomic mass is 16.6. The number of hydrogen-bond donors (Lipinski definition) is 1. The lowest BCUT2D eigenvalue weighted by Gasteiger charge is -2.15. The van der Waals surface area contributed by atoms with Crippen LogP contribution in [0.5, 0.6) is 0 Å². The van der Waals surface area contributed by atoms with E-state index in [2.05, 4.69) is 74.6 Å². The minimum absolute atomic E-state index is 0.0994. The lowest BCUT2D eigenvalue weighted by Crippen LogP contribution is -2.28. The van der Waals surface area contributed by atoms with E-state index in [1.54, 1.807) is 0 Å². The average Bonchev–Trinajstić information content (AvgIpc) is 3.06. The first kappa shape index (κ1) is 43.6. The normalized spacial score (nSPS) is 12.8. The molecule has 5 nitrogen and oxygen atoms in total. The van der Waals surface area contributed by atoms with E-state index in [0.29, 0.717) is 19.3 Å². The van der Waals surface area contributed by atoms with Gasteiger partial charge in [0.1, 0.15) is 6.61 Å². The Morgan fingerprint density at radius 1 is 0.500 bits per heavy atom. The number of carbonyl (C=O) groups is 2. The van der Waals surface area contributed by atoms with Crippen LogP contribution in [-0.4, -0.2) is 36.4 Å². The largest absolute Gasteiger partial charge is 0.462 e. The Morgan fingerprint density at radius 3 is 1.43 bits per heavy atom. The predicted molar refractivity (Wildman–Crippen MR) is 196 cm³/mol. The maximum atomic E-state index is 12.1. The van der Waals surface area contributed by atoms with Crippen LogP contribution >= 0.6 is 0 Å². The minimum atomic E-state index is -0.798. The van der Waals surface area contributed by atoms with E-state index in [1.165, 1.54) is 83.5 Å². The summed E-state index contributed by atoms with van der Waals surface area (Å²) in [7, 11) is 0. The average molecular weight is 643 g/mol. The fraction of sp³-hybridized carbons (Fsp3) is 0.707. The number of aliphatic hydroxyl groups excluding tert-OH is 1. The van der Waals surface area contributed by atoms with Crippen molar-refractivity contribution in [3.05, 3.63) is 60.8 Å². The number of esters is 2. The quantitative estimate of drug-likeness (QED) is 0.0438. The summed E-state index contributed by atoms with van der Waals surface area (Å²) in [5, 5.41) is 9.53. The first-order valence-corrected chi connectivity index (χ1v) is 18.8. The standard InChI is InChI=1S/C41H70O5/c1-3-5-7-9-11-13-15-17-19-20-22-23-25-27-29-31-33-35-40(43)45-38-39(37-42)46-41(44)36-34-32-30-28-26-24-21-18-16-14-12-10-8-6-4-2/h11,13,17-19,21-23,27,29,39,42H,3-10,12,14-16,20,24-26,28,30-38H2,1-2H3/b13-11-,19-17-,21-18-,23-22-,29-27-. The second kappa shape index (κ2) is 37.1. The van der Waals surface area contributed by atoms with Gasteiger partial charge >= 0.3 is 11.9 Å². The molecule has 0 fully saturated rings. The third-order valence-corrected chi connectivity index (χ3v) is 7.78. The van der Waals surface area contributed by atoms with Gasteiger partial charge in [-0.05, 0) is 77.0 Å². The first-order valence-electron chi connectivity index (χ1n) is 18.8. The molecule has 0 aromatic heterocycles. The molecule has 0 rings (SSSR count). The monoisotopic (exact) mass is 643 g/mol. The topological polar surface area (TPSA) is 72.8 Å². The van der Waals surface area contributed by atoms with E-state index in [9.17, 15) is 14.7 Å². The second-order valence-electron chi connectivity index (χ2n) is 12.3. The zero-order valence-electron chi connectivity index (χ0n) is 29.8. The fourth-order valence-electron chi connectivity index (χ4n) is 4.89. The van der Waals surface area contributed by atoms with E-state index in [0.717, 1.165) is 51.4 Å². The van der Waals surface area contributed by atoms with Crippen molar-refractivity contribution in [2.24, 2.45) is 0 Å². The van der Waals surface area contributed by atoms with Crippen LogP contribution in [0.4, 0.5) is 0 Å². The Hall–Kier alpha value is -2.40. The molecule has 1 unspecified atom stereocenters. The molecule has 46 heavy (non-hydrogen) atoms. The number of aliphatic hydroxyl groups is 1. The number of allylic oxidation sites excluding steroid dienone is 10. The van der Waals surface area contributed by atoms with Gasteiger partial charge in [-0.25, -0.2) is 0 Å². The Balaban J connectivity index is 3.70. The van der Waals surface area contributed by atoms with Crippen molar-refractivity contribution in [1.82, 2.24) is 0 Å². The molecule has 0 aliphatic carbocycles. The summed E-state index contributed by atoms with van der Waals surface area (Å²) >= 11 is 0. The second-order valence-corrected chi connectivity index (χ2v) is 12.3. The number of carbonyl (C=O) groups excluding carboxylic acids is 2. The lowest BCUT2D eigenvalue weighted by atomic mass is 10.1. The zero-order valence-corrected chi connectivity index (χ0v) is 29.8. The van der Waals surface area contributed by atoms with Gasteiger partial charge in [-0.15, -0.1) is 0 Å². The van der Waals surface area contributed by atoms with Crippen molar-refractivity contribution in [1.29, 1.82) is 0 Å². The number of rotatable bonds is 33. The van der Waals surface area contributed by atoms with Gasteiger partial charge in [-0.1, -0.05) is 139 Å². The van der Waals surface area contributed by atoms with Gasteiger partial charge in [0.05, 0.1) is 6.61 Å². The molecule has 0 bridgehead atoms. The molecular weight excluding hydrogens is 572 g/mol. The molecule has 5 heteroatoms. The Kier molecular flexibility index (Phi) is 35.1. The zero-order chi connectivity index (χ0) is 33.6. The van der Waals surface area contributed by atoms with Crippen molar-refractivity contribution < 1.29 is 24.2 Å². The third kappa shape index (κ3) is 34.5. The third-order valence-electron chi connectivity index (χ3n) is 7.78. The summed E-state index contributed by atoms with van der Waals surface area (Å²) in [5.41, 5.74) is 0. The summed E-state index contributed by atoms with van der Waals surface area (Å²) in [4.78, 5) is 24.2. The van der Waals surface area contributed by atoms with Crippen LogP contribution in [0.25, 0.3) is 0 Å². The van der Waals surface area contributed by atoms with Crippen LogP contribution in [0.1, 0.15) is 168 Å². The van der Waals surface area contributed by atoms with E-state index < -0.39 is 6.10 Å². The molecule has 0 saturated carbocycles. The SMILES string of the molecule is CCCCC/C=C\C/C=C\C/C=C\C/C=C\CCCC(=O)OCC(CO)OC(=O)CCCCCCC/C=C\CCCCCCCC. The van der Waals surface area contributed by atoms with Crippen molar-refractivity contribution in [3.63, 3.8) is 0 Å². The molecule has 0 aromatic carbocycles. The summed E-state index contributed by atoms with van der Waals surface area (Å²) in [5.74, 6) is -0.670. The van der Waals surface area contributed by atoms with Gasteiger partial charge < -0.3 is 14.6 Å². The maximum Gasteiger partial charge on any atom is 0.306 e. The van der Waals surface area contributed by atoms with Gasteiger partial charge in [-0.2, -0.15) is 0 Å². The lowest BCUT2D eigenvalue weighted by molar-refractivity contribution is -0.161. The van der Waals surface area contributed by atoms with Gasteiger partial charge in [0, 0.05) is 12.8 Å². The highest BCUT2D eigenvalue weighted by Crippen LogP contribution is 2.11. The number of ether oxygens (including phenoxy) is 2. The molecule has 0 aliphatic rings. The first-order chi connectivity index (χ1) is 22.6. The maximum absolute atomic E-state index is 12.1. The summed E-state index contributed by atoms with van der Waals surface area (Å²) in [6.45, 7) is 4.03. The number of hydrogen-bond acceptors (Lipinski definition) is 5. The van der Waals surface area contributed by atoms with Gasteiger partial charge in [-0.3, -0.25) is 9.59 Å². The van der Waals surface area contributed by atoms with Crippen LogP contribution in [0.2, 0.25) is 0 Å². The summed E-state index contributed by atoms with van der Waals surface area (Å²) in [6.07, 6.45) is 47.1. The van der Waals surface area contributed by atoms with Crippen LogP contribution in [-0.2, 0) is 19.1 Å². The highest BCUT2D eigenvalue weighted by Gasteiger charge is 2.16. The van der Waals surface area contributed by atoms with Crippen LogP contribution in [0, 0.1) is 0 Å². The molecule has 0 aromatic rings. The number of unbranched alkanes of at least 4 members (excludes halogenated alkanes) is 15. The molecule has 1 N–H and O–H groups in total. The molecule has 264 valence electrons. The van der Waals surface area contributed by atoms with Crippen LogP contribution in [0.3, 0.4) is 0 Å². The van der Waals surface area contributed by atoms with E-state index in [4.69, 9.17) is 9.47 Å². The van der Waals surface area contributed by atoms with Crippen molar-refractivity contribution in [3.8, 4) is 0 Å². The highest BCUT2D eigenvalue weighted by molar-refractivity contribution is 5.70. The van der Waals surface area contributed by atoms with E-state index >= 15 is 0 Å². The van der Waals surface area contributed by atoms with Crippen molar-refractivity contribution in [2.75, 3.05) is 13.2 Å². The Morgan fingerprint density at radius 2 is 0.891 bits per heavy atom. The predicted octanol–water partition coefficient (Wildman–Crippen LogP) is 11.6. The Labute approximate surface area is 283 Å². The van der Waals surface area contributed by atoms with Gasteiger partial charge in [0.15, 0.2) is 6.10 Å². The van der Waals surface area contributed by atoms with Crippen molar-refractivity contribution in [2.45, 2.75) is 174 Å². The van der Waals surface area contributed by atoms with Gasteiger partial charge in [0.25, 0.3) is 0 Å². The van der Waals surface area contributed by atoms with Crippen LogP contribution in [0.15, 0.2) is 60.8 Å². The molecule has 0 spiro atoms. The van der Waals surface area contributed by atoms with Crippen molar-refractivity contribution >= 4 is 11.9 Å². The minimum Gasteiger partial charge on any atom is -0.462 e.